The van der Waals surface area contributed by atoms with Gasteiger partial charge in [-0.25, -0.2) is 13.2 Å². The van der Waals surface area contributed by atoms with Crippen molar-refractivity contribution in [1.29, 1.82) is 0 Å². The van der Waals surface area contributed by atoms with Crippen molar-refractivity contribution in [2.75, 3.05) is 33.4 Å². The lowest BCUT2D eigenvalue weighted by molar-refractivity contribution is -0.157. The average Bonchev–Trinajstić information content (AvgIpc) is 3.33. The van der Waals surface area contributed by atoms with Crippen LogP contribution in [-0.4, -0.2) is 68.6 Å². The van der Waals surface area contributed by atoms with Crippen molar-refractivity contribution in [2.24, 2.45) is 0 Å². The van der Waals surface area contributed by atoms with Crippen LogP contribution >= 0.6 is 11.3 Å². The maximum absolute atomic E-state index is 13.0. The summed E-state index contributed by atoms with van der Waals surface area (Å²) in [4.78, 5) is 11.5. The summed E-state index contributed by atoms with van der Waals surface area (Å²) in [6.07, 6.45) is 1.12. The van der Waals surface area contributed by atoms with Gasteiger partial charge in [0.05, 0.1) is 25.2 Å². The number of ether oxygens (including phenoxy) is 3. The molecule has 0 aliphatic carbocycles. The predicted molar refractivity (Wildman–Crippen MR) is 117 cm³/mol. The molecule has 2 N–H and O–H groups in total. The topological polar surface area (TPSA) is 123 Å². The van der Waals surface area contributed by atoms with Crippen molar-refractivity contribution in [2.45, 2.75) is 23.5 Å². The molecule has 0 saturated heterocycles. The molecule has 1 aliphatic heterocycles. The van der Waals surface area contributed by atoms with Crippen LogP contribution in [0.2, 0.25) is 0 Å². The Hall–Kier alpha value is -2.44. The zero-order chi connectivity index (χ0) is 23.1. The second kappa shape index (κ2) is 10.9. The number of aliphatic hydroxyl groups excluding tert-OH is 1. The Morgan fingerprint density at radius 3 is 2.59 bits per heavy atom. The fourth-order valence-corrected chi connectivity index (χ4v) is 5.42. The molecule has 0 amide bonds. The van der Waals surface area contributed by atoms with E-state index in [-0.39, 0.29) is 42.9 Å². The van der Waals surface area contributed by atoms with Crippen molar-refractivity contribution < 1.29 is 37.6 Å². The minimum Gasteiger partial charge on any atom is -0.497 e. The number of allylic oxidation sites excluding steroid dienone is 1. The molecule has 2 heterocycles. The van der Waals surface area contributed by atoms with E-state index >= 15 is 0 Å². The summed E-state index contributed by atoms with van der Waals surface area (Å²) in [7, 11) is -2.38. The van der Waals surface area contributed by atoms with Crippen molar-refractivity contribution in [3.05, 3.63) is 58.5 Å². The molecule has 0 radical (unpaired) electrons. The van der Waals surface area contributed by atoms with Gasteiger partial charge in [0.25, 0.3) is 0 Å². The maximum Gasteiger partial charge on any atom is 0.370 e. The molecular formula is C21H25NO8S2. The first-order valence-corrected chi connectivity index (χ1v) is 12.2. The molecule has 0 saturated carbocycles. The van der Waals surface area contributed by atoms with E-state index in [9.17, 15) is 23.4 Å². The Morgan fingerprint density at radius 2 is 2.00 bits per heavy atom. The predicted octanol–water partition coefficient (Wildman–Crippen LogP) is 2.25. The van der Waals surface area contributed by atoms with Gasteiger partial charge in [-0.05, 0) is 52.7 Å². The van der Waals surface area contributed by atoms with Gasteiger partial charge in [-0.2, -0.15) is 15.6 Å². The number of nitrogens with zero attached hydrogens (tertiary/aromatic N) is 1. The zero-order valence-electron chi connectivity index (χ0n) is 17.4. The van der Waals surface area contributed by atoms with E-state index < -0.39 is 22.3 Å². The number of rotatable bonds is 11. The summed E-state index contributed by atoms with van der Waals surface area (Å²) in [5.41, 5.74) is 0.967. The molecule has 3 rings (SSSR count). The van der Waals surface area contributed by atoms with Gasteiger partial charge in [-0.3, -0.25) is 0 Å². The van der Waals surface area contributed by atoms with Crippen molar-refractivity contribution in [1.82, 2.24) is 4.31 Å². The Balaban J connectivity index is 1.65. The van der Waals surface area contributed by atoms with Gasteiger partial charge in [0.1, 0.15) is 5.75 Å². The molecule has 1 aromatic carbocycles. The molecule has 1 aliphatic rings. The third-order valence-corrected chi connectivity index (χ3v) is 7.54. The number of carbonyl (C=O) groups is 1. The van der Waals surface area contributed by atoms with Crippen LogP contribution in [0.3, 0.4) is 0 Å². The lowest BCUT2D eigenvalue weighted by Crippen LogP contribution is -2.37. The second-order valence-electron chi connectivity index (χ2n) is 6.96. The number of carboxylic acid groups (broad SMARTS) is 1. The standard InChI is InChI=1S/C21H25NO8S2/c1-28-17-2-4-18(5-3-17)32(26,27)22(7-9-23)8-10-29-20-13-16(15-6-11-31-14-15)12-19(30-20)21(24)25/h2-6,11-12,14,16,20,23H,7-10,13H2,1H3,(H,24,25)/t16-,20+/m0/s1. The summed E-state index contributed by atoms with van der Waals surface area (Å²) in [5.74, 6) is -1.04. The summed E-state index contributed by atoms with van der Waals surface area (Å²) in [6.45, 7) is -0.546. The number of sulfonamides is 1. The highest BCUT2D eigenvalue weighted by Crippen LogP contribution is 2.32. The number of aliphatic carboxylic acids is 1. The Labute approximate surface area is 190 Å². The summed E-state index contributed by atoms with van der Waals surface area (Å²) >= 11 is 1.51. The highest BCUT2D eigenvalue weighted by molar-refractivity contribution is 7.89. The van der Waals surface area contributed by atoms with Gasteiger partial charge in [0.15, 0.2) is 0 Å². The van der Waals surface area contributed by atoms with Crippen molar-refractivity contribution in [3.63, 3.8) is 0 Å². The summed E-state index contributed by atoms with van der Waals surface area (Å²) < 4.78 is 43.2. The Morgan fingerprint density at radius 1 is 1.25 bits per heavy atom. The molecule has 1 aromatic heterocycles. The first-order chi connectivity index (χ1) is 15.3. The fourth-order valence-electron chi connectivity index (χ4n) is 3.28. The van der Waals surface area contributed by atoms with Crippen LogP contribution in [0.25, 0.3) is 0 Å². The molecule has 32 heavy (non-hydrogen) atoms. The molecule has 0 fully saturated rings. The minimum atomic E-state index is -3.87. The van der Waals surface area contributed by atoms with Crippen LogP contribution in [0.1, 0.15) is 17.9 Å². The van der Waals surface area contributed by atoms with Crippen LogP contribution in [0.4, 0.5) is 0 Å². The smallest absolute Gasteiger partial charge is 0.370 e. The number of benzene rings is 1. The minimum absolute atomic E-state index is 0.0377. The number of methoxy groups -OCH3 is 1. The largest absolute Gasteiger partial charge is 0.497 e. The van der Waals surface area contributed by atoms with Gasteiger partial charge in [-0.15, -0.1) is 0 Å². The van der Waals surface area contributed by atoms with Gasteiger partial charge in [0.2, 0.25) is 22.1 Å². The first-order valence-electron chi connectivity index (χ1n) is 9.85. The van der Waals surface area contributed by atoms with Crippen molar-refractivity contribution in [3.8, 4) is 5.75 Å². The SMILES string of the molecule is COc1ccc(S(=O)(=O)N(CCO)CCO[C@H]2C[C@@H](c3ccsc3)C=C(C(=O)O)O2)cc1. The molecule has 9 nitrogen and oxygen atoms in total. The number of aliphatic hydroxyl groups is 1. The van der Waals surface area contributed by atoms with Crippen LogP contribution in [0, 0.1) is 0 Å². The highest BCUT2D eigenvalue weighted by Gasteiger charge is 2.30. The van der Waals surface area contributed by atoms with Crippen LogP contribution in [0.15, 0.2) is 57.8 Å². The molecule has 0 bridgehead atoms. The Kier molecular flexibility index (Phi) is 8.26. The van der Waals surface area contributed by atoms with E-state index in [4.69, 9.17) is 14.2 Å². The molecular weight excluding hydrogens is 458 g/mol. The maximum atomic E-state index is 13.0. The number of thiophene rings is 1. The van der Waals surface area contributed by atoms with E-state index in [1.807, 2.05) is 16.8 Å². The molecule has 11 heteroatoms. The zero-order valence-corrected chi connectivity index (χ0v) is 19.0. The van der Waals surface area contributed by atoms with Gasteiger partial charge < -0.3 is 24.4 Å². The fraction of sp³-hybridized carbons (Fsp3) is 0.381. The normalized spacial score (nSPS) is 18.8. The first kappa shape index (κ1) is 24.2. The van der Waals surface area contributed by atoms with E-state index in [2.05, 4.69) is 0 Å². The van der Waals surface area contributed by atoms with E-state index in [1.165, 1.54) is 30.6 Å². The molecule has 2 atom stereocenters. The van der Waals surface area contributed by atoms with E-state index in [0.29, 0.717) is 12.2 Å². The highest BCUT2D eigenvalue weighted by atomic mass is 32.2. The van der Waals surface area contributed by atoms with Gasteiger partial charge in [-0.1, -0.05) is 0 Å². The Bertz CT molecular complexity index is 1020. The number of hydrogen-bond donors (Lipinski definition) is 2. The van der Waals surface area contributed by atoms with E-state index in [0.717, 1.165) is 9.87 Å². The lowest BCUT2D eigenvalue weighted by Gasteiger charge is -2.29. The molecule has 0 spiro atoms. The van der Waals surface area contributed by atoms with E-state index in [1.54, 1.807) is 18.2 Å². The van der Waals surface area contributed by atoms with Crippen LogP contribution < -0.4 is 4.74 Å². The second-order valence-corrected chi connectivity index (χ2v) is 9.67. The van der Waals surface area contributed by atoms with Gasteiger partial charge >= 0.3 is 5.97 Å². The van der Waals surface area contributed by atoms with Gasteiger partial charge in [0, 0.05) is 25.4 Å². The summed E-state index contributed by atoms with van der Waals surface area (Å²) in [5, 5.41) is 22.6. The third-order valence-electron chi connectivity index (χ3n) is 4.93. The van der Waals surface area contributed by atoms with Crippen LogP contribution in [0.5, 0.6) is 5.75 Å². The third kappa shape index (κ3) is 5.87. The lowest BCUT2D eigenvalue weighted by atomic mass is 9.95. The van der Waals surface area contributed by atoms with Crippen molar-refractivity contribution >= 4 is 27.3 Å². The monoisotopic (exact) mass is 483 g/mol. The molecule has 2 aromatic rings. The summed E-state index contributed by atoms with van der Waals surface area (Å²) in [6, 6.07) is 7.86. The average molecular weight is 484 g/mol. The number of carboxylic acids is 1. The van der Waals surface area contributed by atoms with Crippen LogP contribution in [-0.2, 0) is 24.3 Å². The quantitative estimate of drug-likeness (QED) is 0.499. The molecule has 0 unspecified atom stereocenters. The molecule has 174 valence electrons. The number of hydrogen-bond acceptors (Lipinski definition) is 8.